The number of aliphatic hydroxyl groups excluding tert-OH is 2. The molecule has 2 fully saturated rings. The zero-order chi connectivity index (χ0) is 29.4. The molecular weight excluding hydrogens is 631 g/mol. The fraction of sp³-hybridized carbons (Fsp3) is 0.600. The van der Waals surface area contributed by atoms with Crippen LogP contribution in [0.4, 0.5) is 0 Å². The van der Waals surface area contributed by atoms with E-state index in [1.807, 2.05) is 4.98 Å². The van der Waals surface area contributed by atoms with Gasteiger partial charge in [0.25, 0.3) is 11.1 Å². The minimum Gasteiger partial charge on any atom is -0.394 e. The Balaban J connectivity index is 1.48. The van der Waals surface area contributed by atoms with Crippen molar-refractivity contribution < 1.29 is 47.7 Å². The van der Waals surface area contributed by atoms with Gasteiger partial charge in [0.1, 0.15) is 36.6 Å². The second-order valence-corrected chi connectivity index (χ2v) is 11.0. The summed E-state index contributed by atoms with van der Waals surface area (Å²) in [5.41, 5.74) is -3.07. The highest BCUT2D eigenvalue weighted by Gasteiger charge is 2.51. The fourth-order valence-electron chi connectivity index (χ4n) is 4.42. The zero-order valence-electron chi connectivity index (χ0n) is 20.8. The molecule has 0 amide bonds. The number of nitrogens with one attached hydrogen (secondary N) is 2. The van der Waals surface area contributed by atoms with E-state index in [1.165, 1.54) is 14.2 Å². The SMILES string of the molecule is CO[C@@H]1[C@H](O)[C@@H](COP(=O)(O)O[C@H]2[C@@H](OC)[C@H](n3ccc(=O)[nH]c3=O)O[C@@H]2CO)O[C@H]1n1cc(Br)c(=O)[nH]c1=O. The maximum absolute atomic E-state index is 12.9. The first-order valence-electron chi connectivity index (χ1n) is 11.5. The molecule has 4 heterocycles. The van der Waals surface area contributed by atoms with Crippen LogP contribution in [0.3, 0.4) is 0 Å². The summed E-state index contributed by atoms with van der Waals surface area (Å²) >= 11 is 3.00. The molecule has 40 heavy (non-hydrogen) atoms. The quantitative estimate of drug-likeness (QED) is 0.166. The molecule has 5 N–H and O–H groups in total. The Morgan fingerprint density at radius 2 is 1.62 bits per heavy atom. The number of phosphoric ester groups is 1. The Labute approximate surface area is 231 Å². The van der Waals surface area contributed by atoms with Gasteiger partial charge in [0.05, 0.1) is 17.7 Å². The van der Waals surface area contributed by atoms with Crippen LogP contribution in [0.1, 0.15) is 12.5 Å². The molecule has 2 aromatic rings. The topological polar surface area (TPSA) is 243 Å². The molecule has 222 valence electrons. The van der Waals surface area contributed by atoms with E-state index in [9.17, 15) is 38.8 Å². The maximum atomic E-state index is 12.9. The molecule has 0 radical (unpaired) electrons. The summed E-state index contributed by atoms with van der Waals surface area (Å²) in [4.78, 5) is 62.2. The van der Waals surface area contributed by atoms with Gasteiger partial charge in [-0.05, 0) is 15.9 Å². The first kappa shape index (κ1) is 30.7. The first-order valence-corrected chi connectivity index (χ1v) is 13.8. The number of halogens is 1. The van der Waals surface area contributed by atoms with E-state index in [0.29, 0.717) is 0 Å². The second kappa shape index (κ2) is 12.3. The van der Waals surface area contributed by atoms with Crippen LogP contribution in [-0.2, 0) is 32.6 Å². The normalized spacial score (nSPS) is 31.9. The molecule has 0 bridgehead atoms. The molecule has 2 aliphatic heterocycles. The van der Waals surface area contributed by atoms with Crippen LogP contribution in [0.25, 0.3) is 0 Å². The van der Waals surface area contributed by atoms with Crippen LogP contribution in [0.15, 0.2) is 42.1 Å². The summed E-state index contributed by atoms with van der Waals surface area (Å²) in [5.74, 6) is 0. The van der Waals surface area contributed by atoms with E-state index in [0.717, 1.165) is 27.6 Å². The Kier molecular flexibility index (Phi) is 9.42. The molecule has 9 atom stereocenters. The van der Waals surface area contributed by atoms with Crippen molar-refractivity contribution in [2.75, 3.05) is 27.4 Å². The number of methoxy groups -OCH3 is 2. The molecule has 0 aliphatic carbocycles. The van der Waals surface area contributed by atoms with E-state index < -0.39 is 92.6 Å². The summed E-state index contributed by atoms with van der Waals surface area (Å²) in [6, 6.07) is 1.05. The monoisotopic (exact) mass is 656 g/mol. The Bertz CT molecular complexity index is 1490. The Morgan fingerprint density at radius 1 is 1.00 bits per heavy atom. The van der Waals surface area contributed by atoms with Crippen molar-refractivity contribution in [3.63, 3.8) is 0 Å². The number of aromatic nitrogens is 4. The van der Waals surface area contributed by atoms with Gasteiger partial charge in [-0.15, -0.1) is 0 Å². The lowest BCUT2D eigenvalue weighted by Crippen LogP contribution is -2.40. The van der Waals surface area contributed by atoms with Crippen LogP contribution in [-0.4, -0.2) is 98.3 Å². The van der Waals surface area contributed by atoms with E-state index >= 15 is 0 Å². The Morgan fingerprint density at radius 3 is 2.25 bits per heavy atom. The van der Waals surface area contributed by atoms with Gasteiger partial charge in [-0.2, -0.15) is 0 Å². The number of phosphoric acid groups is 1. The minimum atomic E-state index is -4.98. The molecule has 2 saturated heterocycles. The van der Waals surface area contributed by atoms with Gasteiger partial charge in [0.15, 0.2) is 12.5 Å². The van der Waals surface area contributed by atoms with Gasteiger partial charge in [-0.1, -0.05) is 0 Å². The molecule has 1 unspecified atom stereocenters. The largest absolute Gasteiger partial charge is 0.472 e. The number of rotatable bonds is 10. The molecule has 0 saturated carbocycles. The lowest BCUT2D eigenvalue weighted by molar-refractivity contribution is -0.0662. The van der Waals surface area contributed by atoms with Crippen LogP contribution in [0.5, 0.6) is 0 Å². The first-order chi connectivity index (χ1) is 18.9. The highest BCUT2D eigenvalue weighted by molar-refractivity contribution is 9.10. The average Bonchev–Trinajstić information content (AvgIpc) is 3.40. The molecule has 2 aliphatic rings. The number of aromatic amines is 2. The number of hydrogen-bond donors (Lipinski definition) is 5. The third-order valence-corrected chi connectivity index (χ3v) is 7.85. The van der Waals surface area contributed by atoms with E-state index in [1.54, 1.807) is 0 Å². The molecule has 20 heteroatoms. The minimum absolute atomic E-state index is 0.000322. The highest BCUT2D eigenvalue weighted by atomic mass is 79.9. The summed E-state index contributed by atoms with van der Waals surface area (Å²) in [7, 11) is -2.53. The van der Waals surface area contributed by atoms with E-state index in [2.05, 4.69) is 20.9 Å². The number of H-pyrrole nitrogens is 2. The van der Waals surface area contributed by atoms with Crippen LogP contribution in [0, 0.1) is 0 Å². The van der Waals surface area contributed by atoms with Gasteiger partial charge in [0.2, 0.25) is 0 Å². The number of ether oxygens (including phenoxy) is 4. The standard InChI is InChI=1S/C20H26BrN4O14P/c1-34-14-12(28)10(38-17(14)25-5-8(21)16(29)23-20(25)31)7-36-40(32,33)39-13-9(6-26)37-18(15(13)35-2)24-4-3-11(27)22-19(24)30/h3-5,9-10,12-15,17-18,26,28H,6-7H2,1-2H3,(H,32,33)(H,22,27,30)(H,23,29,31)/t9-,10-,12-,13-,14-,15-,17-,18-/m1/s1. The van der Waals surface area contributed by atoms with Crippen molar-refractivity contribution in [3.8, 4) is 0 Å². The predicted octanol–water partition coefficient (Wildman–Crippen LogP) is -2.47. The lowest BCUT2D eigenvalue weighted by Gasteiger charge is -2.25. The summed E-state index contributed by atoms with van der Waals surface area (Å²) in [5, 5.41) is 20.4. The molecule has 18 nitrogen and oxygen atoms in total. The molecule has 0 spiro atoms. The molecule has 0 aromatic carbocycles. The number of aliphatic hydroxyl groups is 2. The van der Waals surface area contributed by atoms with Crippen molar-refractivity contribution in [1.82, 2.24) is 19.1 Å². The molecule has 4 rings (SSSR count). The fourth-order valence-corrected chi connectivity index (χ4v) is 5.70. The number of hydrogen-bond acceptors (Lipinski definition) is 13. The third-order valence-electron chi connectivity index (χ3n) is 6.30. The van der Waals surface area contributed by atoms with Crippen molar-refractivity contribution >= 4 is 23.8 Å². The Hall–Kier alpha value is -2.29. The lowest BCUT2D eigenvalue weighted by atomic mass is 10.1. The summed E-state index contributed by atoms with van der Waals surface area (Å²) in [6.45, 7) is -1.42. The second-order valence-electron chi connectivity index (χ2n) is 8.70. The van der Waals surface area contributed by atoms with Gasteiger partial charge in [-0.25, -0.2) is 14.2 Å². The molecule has 2 aromatic heterocycles. The van der Waals surface area contributed by atoms with Gasteiger partial charge >= 0.3 is 19.2 Å². The van der Waals surface area contributed by atoms with Crippen LogP contribution >= 0.6 is 23.8 Å². The van der Waals surface area contributed by atoms with Crippen molar-refractivity contribution in [1.29, 1.82) is 0 Å². The van der Waals surface area contributed by atoms with Crippen molar-refractivity contribution in [2.24, 2.45) is 0 Å². The van der Waals surface area contributed by atoms with Gasteiger partial charge in [0, 0.05) is 32.7 Å². The maximum Gasteiger partial charge on any atom is 0.472 e. The van der Waals surface area contributed by atoms with Crippen molar-refractivity contribution in [2.45, 2.75) is 49.1 Å². The van der Waals surface area contributed by atoms with Crippen LogP contribution in [0.2, 0.25) is 0 Å². The zero-order valence-corrected chi connectivity index (χ0v) is 23.3. The van der Waals surface area contributed by atoms with E-state index in [-0.39, 0.29) is 4.47 Å². The summed E-state index contributed by atoms with van der Waals surface area (Å²) < 4.78 is 46.9. The molecular formula is C20H26BrN4O14P. The van der Waals surface area contributed by atoms with Gasteiger partial charge in [-0.3, -0.25) is 37.7 Å². The smallest absolute Gasteiger partial charge is 0.394 e. The van der Waals surface area contributed by atoms with Crippen LogP contribution < -0.4 is 22.5 Å². The average molecular weight is 657 g/mol. The predicted molar refractivity (Wildman–Crippen MR) is 134 cm³/mol. The highest BCUT2D eigenvalue weighted by Crippen LogP contribution is 2.49. The van der Waals surface area contributed by atoms with Crippen molar-refractivity contribution in [3.05, 3.63) is 64.6 Å². The van der Waals surface area contributed by atoms with E-state index in [4.69, 9.17) is 28.0 Å². The number of nitrogens with zero attached hydrogens (tertiary/aromatic N) is 2. The van der Waals surface area contributed by atoms with Gasteiger partial charge < -0.3 is 34.1 Å². The summed E-state index contributed by atoms with van der Waals surface area (Å²) in [6.07, 6.45) is -8.02. The third kappa shape index (κ3) is 6.14.